The van der Waals surface area contributed by atoms with E-state index in [2.05, 4.69) is 0 Å². The monoisotopic (exact) mass is 326 g/mol. The van der Waals surface area contributed by atoms with Crippen molar-refractivity contribution in [2.24, 2.45) is 5.41 Å². The van der Waals surface area contributed by atoms with Crippen LogP contribution in [0.2, 0.25) is 0 Å². The molecule has 2 aliphatic rings. The summed E-state index contributed by atoms with van der Waals surface area (Å²) < 4.78 is 33.6. The maximum atomic E-state index is 14.3. The molecule has 1 unspecified atom stereocenters. The molecule has 3 heterocycles. The molecular weight excluding hydrogens is 306 g/mol. The second-order valence-electron chi connectivity index (χ2n) is 6.50. The van der Waals surface area contributed by atoms with Crippen LogP contribution in [0.4, 0.5) is 8.78 Å². The average Bonchev–Trinajstić information content (AvgIpc) is 3.02. The molecule has 0 radical (unpaired) electrons. The lowest BCUT2D eigenvalue weighted by Crippen LogP contribution is -2.57. The Morgan fingerprint density at radius 1 is 1.39 bits per heavy atom. The van der Waals surface area contributed by atoms with Gasteiger partial charge in [0.05, 0.1) is 23.8 Å². The number of hydrogen-bond donors (Lipinski definition) is 0. The van der Waals surface area contributed by atoms with Crippen molar-refractivity contribution in [2.75, 3.05) is 26.2 Å². The molecule has 2 saturated heterocycles. The predicted molar refractivity (Wildman–Crippen MR) is 78.2 cm³/mol. The lowest BCUT2D eigenvalue weighted by molar-refractivity contribution is -0.151. The minimum absolute atomic E-state index is 0.0430. The summed E-state index contributed by atoms with van der Waals surface area (Å²) >= 11 is 0. The maximum absolute atomic E-state index is 14.3. The standard InChI is InChI=1S/C16H20F2N2O3/c1-3-19-6-5-15(14(19)22)8-16(17,18)10-20(9-15)13(21)12-4-7-23-11(12)2/h4,7H,3,5-6,8-10H2,1-2H3. The summed E-state index contributed by atoms with van der Waals surface area (Å²) in [7, 11) is 0. The smallest absolute Gasteiger partial charge is 0.266 e. The Labute approximate surface area is 133 Å². The number of carbonyl (C=O) groups excluding carboxylic acids is 2. The number of rotatable bonds is 2. The van der Waals surface area contributed by atoms with E-state index < -0.39 is 30.2 Å². The van der Waals surface area contributed by atoms with Crippen LogP contribution < -0.4 is 0 Å². The molecule has 0 saturated carbocycles. The fraction of sp³-hybridized carbons (Fsp3) is 0.625. The van der Waals surface area contributed by atoms with Crippen molar-refractivity contribution < 1.29 is 22.8 Å². The first-order valence-corrected chi connectivity index (χ1v) is 7.79. The molecule has 0 aromatic carbocycles. The van der Waals surface area contributed by atoms with Gasteiger partial charge in [0.2, 0.25) is 5.91 Å². The molecular formula is C16H20F2N2O3. The van der Waals surface area contributed by atoms with Crippen LogP contribution in [0, 0.1) is 12.3 Å². The lowest BCUT2D eigenvalue weighted by atomic mass is 9.76. The molecule has 1 aromatic heterocycles. The number of halogens is 2. The number of aryl methyl sites for hydroxylation is 1. The van der Waals surface area contributed by atoms with Gasteiger partial charge in [-0.2, -0.15) is 0 Å². The number of nitrogens with zero attached hydrogens (tertiary/aromatic N) is 2. The highest BCUT2D eigenvalue weighted by molar-refractivity contribution is 5.96. The molecule has 2 amide bonds. The number of alkyl halides is 2. The molecule has 2 fully saturated rings. The predicted octanol–water partition coefficient (Wildman–Crippen LogP) is 2.31. The van der Waals surface area contributed by atoms with Crippen LogP contribution in [0.3, 0.4) is 0 Å². The first-order chi connectivity index (χ1) is 10.8. The van der Waals surface area contributed by atoms with Gasteiger partial charge in [0.15, 0.2) is 0 Å². The van der Waals surface area contributed by atoms with E-state index in [9.17, 15) is 18.4 Å². The fourth-order valence-corrected chi connectivity index (χ4v) is 3.73. The van der Waals surface area contributed by atoms with Crippen molar-refractivity contribution in [1.82, 2.24) is 9.80 Å². The number of amides is 2. The number of furan rings is 1. The van der Waals surface area contributed by atoms with Crippen molar-refractivity contribution in [2.45, 2.75) is 32.6 Å². The van der Waals surface area contributed by atoms with E-state index in [0.29, 0.717) is 25.3 Å². The number of hydrogen-bond acceptors (Lipinski definition) is 3. The van der Waals surface area contributed by atoms with E-state index >= 15 is 0 Å². The molecule has 0 N–H and O–H groups in total. The van der Waals surface area contributed by atoms with E-state index in [4.69, 9.17) is 4.42 Å². The third kappa shape index (κ3) is 2.62. The number of piperidine rings is 1. The van der Waals surface area contributed by atoms with Gasteiger partial charge in [-0.15, -0.1) is 0 Å². The summed E-state index contributed by atoms with van der Waals surface area (Å²) in [6.45, 7) is 3.80. The van der Waals surface area contributed by atoms with Crippen LogP contribution in [0.5, 0.6) is 0 Å². The Balaban J connectivity index is 1.90. The maximum Gasteiger partial charge on any atom is 0.266 e. The number of likely N-dealkylation sites (tertiary alicyclic amines) is 2. The van der Waals surface area contributed by atoms with Gasteiger partial charge in [-0.1, -0.05) is 0 Å². The highest BCUT2D eigenvalue weighted by Crippen LogP contribution is 2.45. The van der Waals surface area contributed by atoms with Gasteiger partial charge in [-0.3, -0.25) is 9.59 Å². The van der Waals surface area contributed by atoms with E-state index in [1.807, 2.05) is 6.92 Å². The van der Waals surface area contributed by atoms with E-state index in [-0.39, 0.29) is 18.0 Å². The third-order valence-electron chi connectivity index (χ3n) is 4.87. The minimum atomic E-state index is -3.06. The topological polar surface area (TPSA) is 53.8 Å². The van der Waals surface area contributed by atoms with Crippen LogP contribution >= 0.6 is 0 Å². The van der Waals surface area contributed by atoms with Crippen molar-refractivity contribution >= 4 is 11.8 Å². The second-order valence-corrected chi connectivity index (χ2v) is 6.50. The quantitative estimate of drug-likeness (QED) is 0.838. The van der Waals surface area contributed by atoms with Crippen LogP contribution in [0.1, 0.15) is 35.9 Å². The molecule has 1 atom stereocenters. The van der Waals surface area contributed by atoms with Crippen LogP contribution in [-0.4, -0.2) is 53.7 Å². The molecule has 3 rings (SSSR count). The van der Waals surface area contributed by atoms with Crippen LogP contribution in [0.25, 0.3) is 0 Å². The molecule has 126 valence electrons. The van der Waals surface area contributed by atoms with Crippen molar-refractivity contribution in [1.29, 1.82) is 0 Å². The Morgan fingerprint density at radius 2 is 2.13 bits per heavy atom. The third-order valence-corrected chi connectivity index (χ3v) is 4.87. The van der Waals surface area contributed by atoms with Crippen molar-refractivity contribution in [3.8, 4) is 0 Å². The summed E-state index contributed by atoms with van der Waals surface area (Å²) in [5.74, 6) is -3.44. The van der Waals surface area contributed by atoms with Crippen molar-refractivity contribution in [3.05, 3.63) is 23.7 Å². The Morgan fingerprint density at radius 3 is 2.70 bits per heavy atom. The largest absolute Gasteiger partial charge is 0.469 e. The van der Waals surface area contributed by atoms with Crippen LogP contribution in [-0.2, 0) is 4.79 Å². The zero-order valence-corrected chi connectivity index (χ0v) is 13.3. The summed E-state index contributed by atoms with van der Waals surface area (Å²) in [5.41, 5.74) is -0.888. The second kappa shape index (κ2) is 5.32. The van der Waals surface area contributed by atoms with Gasteiger partial charge in [0, 0.05) is 26.1 Å². The highest BCUT2D eigenvalue weighted by atomic mass is 19.3. The van der Waals surface area contributed by atoms with Gasteiger partial charge in [0.1, 0.15) is 5.76 Å². The average molecular weight is 326 g/mol. The molecule has 2 aliphatic heterocycles. The summed E-state index contributed by atoms with van der Waals surface area (Å²) in [5, 5.41) is 0. The van der Waals surface area contributed by atoms with E-state index in [1.165, 1.54) is 12.3 Å². The lowest BCUT2D eigenvalue weighted by Gasteiger charge is -2.42. The Hall–Kier alpha value is -1.92. The molecule has 23 heavy (non-hydrogen) atoms. The van der Waals surface area contributed by atoms with Gasteiger partial charge in [0.25, 0.3) is 11.8 Å². The van der Waals surface area contributed by atoms with Gasteiger partial charge < -0.3 is 14.2 Å². The van der Waals surface area contributed by atoms with Crippen molar-refractivity contribution in [3.63, 3.8) is 0 Å². The zero-order chi connectivity index (χ0) is 16.8. The van der Waals surface area contributed by atoms with Crippen LogP contribution in [0.15, 0.2) is 16.7 Å². The molecule has 1 aromatic rings. The first-order valence-electron chi connectivity index (χ1n) is 7.79. The summed E-state index contributed by atoms with van der Waals surface area (Å²) in [6, 6.07) is 1.48. The minimum Gasteiger partial charge on any atom is -0.469 e. The Kier molecular flexibility index (Phi) is 3.69. The Bertz CT molecular complexity index is 643. The zero-order valence-electron chi connectivity index (χ0n) is 13.3. The van der Waals surface area contributed by atoms with Gasteiger partial charge in [-0.25, -0.2) is 8.78 Å². The SMILES string of the molecule is CCN1CCC2(CN(C(=O)c3ccoc3C)CC(F)(F)C2)C1=O. The normalized spacial score (nSPS) is 27.0. The number of carbonyl (C=O) groups is 2. The van der Waals surface area contributed by atoms with Gasteiger partial charge in [-0.05, 0) is 26.3 Å². The molecule has 0 aliphatic carbocycles. The molecule has 1 spiro atoms. The summed E-state index contributed by atoms with van der Waals surface area (Å²) in [6.07, 6.45) is 1.24. The highest BCUT2D eigenvalue weighted by Gasteiger charge is 2.57. The summed E-state index contributed by atoms with van der Waals surface area (Å²) in [4.78, 5) is 27.8. The fourth-order valence-electron chi connectivity index (χ4n) is 3.73. The van der Waals surface area contributed by atoms with Gasteiger partial charge >= 0.3 is 0 Å². The van der Waals surface area contributed by atoms with E-state index in [0.717, 1.165) is 4.90 Å². The molecule has 0 bridgehead atoms. The molecule has 7 heteroatoms. The van der Waals surface area contributed by atoms with E-state index in [1.54, 1.807) is 11.8 Å². The first kappa shape index (κ1) is 16.0. The molecule has 5 nitrogen and oxygen atoms in total.